The first-order valence-corrected chi connectivity index (χ1v) is 7.82. The van der Waals surface area contributed by atoms with Gasteiger partial charge in [0.15, 0.2) is 11.5 Å². The Morgan fingerprint density at radius 3 is 2.52 bits per heavy atom. The van der Waals surface area contributed by atoms with Crippen molar-refractivity contribution in [3.05, 3.63) is 47.8 Å². The van der Waals surface area contributed by atoms with Gasteiger partial charge in [-0.2, -0.15) is 0 Å². The van der Waals surface area contributed by atoms with Crippen molar-refractivity contribution in [3.8, 4) is 11.5 Å². The molecule has 6 heteroatoms. The van der Waals surface area contributed by atoms with Gasteiger partial charge >= 0.3 is 0 Å². The van der Waals surface area contributed by atoms with Crippen LogP contribution >= 0.6 is 12.6 Å². The van der Waals surface area contributed by atoms with Gasteiger partial charge in [-0.15, -0.1) is 0 Å². The number of nitrogens with zero attached hydrogens (tertiary/aromatic N) is 1. The molecule has 0 aliphatic carbocycles. The second-order valence-electron chi connectivity index (χ2n) is 4.82. The first-order chi connectivity index (χ1) is 11.2. The Morgan fingerprint density at radius 1 is 1.17 bits per heavy atom. The van der Waals surface area contributed by atoms with Gasteiger partial charge in [-0.1, -0.05) is 12.6 Å². The molecule has 0 aliphatic rings. The topological polar surface area (TPSA) is 60.5 Å². The summed E-state index contributed by atoms with van der Waals surface area (Å²) in [5.41, 5.74) is 2.06. The molecule has 0 aliphatic heterocycles. The molecule has 0 fully saturated rings. The summed E-state index contributed by atoms with van der Waals surface area (Å²) in [4.78, 5) is 16.5. The van der Waals surface area contributed by atoms with Crippen LogP contribution in [-0.4, -0.2) is 30.9 Å². The minimum Gasteiger partial charge on any atom is -0.493 e. The fourth-order valence-corrected chi connectivity index (χ4v) is 2.48. The maximum absolute atomic E-state index is 12.6. The normalized spacial score (nSPS) is 10.2. The first-order valence-electron chi connectivity index (χ1n) is 7.24. The number of methoxy groups -OCH3 is 2. The Balaban J connectivity index is 2.37. The Labute approximate surface area is 141 Å². The van der Waals surface area contributed by atoms with Crippen LogP contribution < -0.4 is 14.8 Å². The number of ether oxygens (including phenoxy) is 2. The number of anilines is 1. The van der Waals surface area contributed by atoms with Gasteiger partial charge in [-0.3, -0.25) is 9.78 Å². The highest BCUT2D eigenvalue weighted by Gasteiger charge is 2.19. The number of benzene rings is 1. The third kappa shape index (κ3) is 4.16. The summed E-state index contributed by atoms with van der Waals surface area (Å²) in [6.07, 6.45) is 4.70. The van der Waals surface area contributed by atoms with Crippen LogP contribution in [0.3, 0.4) is 0 Å². The van der Waals surface area contributed by atoms with Crippen LogP contribution in [0.4, 0.5) is 5.69 Å². The van der Waals surface area contributed by atoms with Crippen molar-refractivity contribution < 1.29 is 14.3 Å². The van der Waals surface area contributed by atoms with Gasteiger partial charge < -0.3 is 14.8 Å². The van der Waals surface area contributed by atoms with E-state index in [4.69, 9.17) is 22.1 Å². The standard InChI is InChI=1S/C17H19N2O3S/c1-21-15-6-5-14(13(4-3-11-23)16(15)22-2)17(20)19-12-7-9-18-10-8-12/h5-10H,3-4,11H2,1-2H3,(H,18,19,20). The van der Waals surface area contributed by atoms with Gasteiger partial charge in [-0.05, 0) is 37.1 Å². The van der Waals surface area contributed by atoms with Crippen molar-refractivity contribution in [1.29, 1.82) is 0 Å². The van der Waals surface area contributed by atoms with Crippen molar-refractivity contribution in [2.24, 2.45) is 0 Å². The molecule has 23 heavy (non-hydrogen) atoms. The van der Waals surface area contributed by atoms with Crippen molar-refractivity contribution in [2.75, 3.05) is 25.3 Å². The highest BCUT2D eigenvalue weighted by molar-refractivity contribution is 7.80. The number of hydrogen-bond acceptors (Lipinski definition) is 4. The van der Waals surface area contributed by atoms with Crippen LogP contribution in [0.1, 0.15) is 22.3 Å². The zero-order valence-corrected chi connectivity index (χ0v) is 14.0. The second kappa shape index (κ2) is 8.43. The lowest BCUT2D eigenvalue weighted by atomic mass is 10.0. The van der Waals surface area contributed by atoms with Crippen LogP contribution in [0.25, 0.3) is 0 Å². The number of nitrogens with one attached hydrogen (secondary N) is 1. The molecule has 121 valence electrons. The zero-order chi connectivity index (χ0) is 16.7. The summed E-state index contributed by atoms with van der Waals surface area (Å²) in [5.74, 6) is 1.60. The molecule has 1 heterocycles. The van der Waals surface area contributed by atoms with E-state index in [9.17, 15) is 4.79 Å². The minimum atomic E-state index is -0.198. The number of aromatic nitrogens is 1. The number of carbonyl (C=O) groups is 1. The van der Waals surface area contributed by atoms with E-state index in [1.54, 1.807) is 50.9 Å². The molecule has 0 saturated heterocycles. The fraction of sp³-hybridized carbons (Fsp3) is 0.294. The zero-order valence-electron chi connectivity index (χ0n) is 13.2. The molecule has 1 aromatic heterocycles. The number of rotatable bonds is 7. The van der Waals surface area contributed by atoms with Gasteiger partial charge in [0.05, 0.1) is 14.2 Å². The van der Waals surface area contributed by atoms with E-state index in [0.717, 1.165) is 12.0 Å². The van der Waals surface area contributed by atoms with E-state index < -0.39 is 0 Å². The summed E-state index contributed by atoms with van der Waals surface area (Å²) < 4.78 is 10.8. The SMILES string of the molecule is COc1ccc(C(=O)Nc2ccncc2)c(CCC[S])c1OC. The summed E-state index contributed by atoms with van der Waals surface area (Å²) >= 11 is 5.03. The largest absolute Gasteiger partial charge is 0.493 e. The first kappa shape index (κ1) is 17.1. The third-order valence-corrected chi connectivity index (χ3v) is 3.69. The molecular weight excluding hydrogens is 312 g/mol. The molecule has 0 spiro atoms. The molecular formula is C17H19N2O3S. The smallest absolute Gasteiger partial charge is 0.256 e. The van der Waals surface area contributed by atoms with Gasteiger partial charge in [0.25, 0.3) is 5.91 Å². The summed E-state index contributed by atoms with van der Waals surface area (Å²) in [6.45, 7) is 0. The Bertz CT molecular complexity index is 662. The fourth-order valence-electron chi connectivity index (χ4n) is 2.33. The van der Waals surface area contributed by atoms with Crippen molar-refractivity contribution in [1.82, 2.24) is 4.98 Å². The molecule has 0 atom stereocenters. The molecule has 5 nitrogen and oxygen atoms in total. The maximum atomic E-state index is 12.6. The average molecular weight is 331 g/mol. The van der Waals surface area contributed by atoms with E-state index in [1.807, 2.05) is 0 Å². The molecule has 1 radical (unpaired) electrons. The number of hydrogen-bond donors (Lipinski definition) is 1. The quantitative estimate of drug-likeness (QED) is 0.844. The predicted octanol–water partition coefficient (Wildman–Crippen LogP) is 3.48. The Morgan fingerprint density at radius 2 is 1.91 bits per heavy atom. The predicted molar refractivity (Wildman–Crippen MR) is 92.5 cm³/mol. The highest BCUT2D eigenvalue weighted by Crippen LogP contribution is 2.34. The average Bonchev–Trinajstić information content (AvgIpc) is 2.59. The van der Waals surface area contributed by atoms with Crippen LogP contribution in [0, 0.1) is 0 Å². The highest BCUT2D eigenvalue weighted by atomic mass is 32.1. The minimum absolute atomic E-state index is 0.198. The Kier molecular flexibility index (Phi) is 6.29. The lowest BCUT2D eigenvalue weighted by molar-refractivity contribution is 0.102. The molecule has 1 amide bonds. The van der Waals surface area contributed by atoms with Crippen LogP contribution in [-0.2, 0) is 6.42 Å². The van der Waals surface area contributed by atoms with Crippen molar-refractivity contribution in [2.45, 2.75) is 12.8 Å². The van der Waals surface area contributed by atoms with Gasteiger partial charge in [0.1, 0.15) is 0 Å². The van der Waals surface area contributed by atoms with E-state index in [2.05, 4.69) is 10.3 Å². The number of amides is 1. The van der Waals surface area contributed by atoms with Gasteiger partial charge in [0.2, 0.25) is 0 Å². The Hall–Kier alpha value is -2.21. The molecule has 1 aromatic carbocycles. The van der Waals surface area contributed by atoms with Crippen molar-refractivity contribution in [3.63, 3.8) is 0 Å². The maximum Gasteiger partial charge on any atom is 0.256 e. The van der Waals surface area contributed by atoms with E-state index >= 15 is 0 Å². The van der Waals surface area contributed by atoms with Gasteiger partial charge in [-0.25, -0.2) is 0 Å². The van der Waals surface area contributed by atoms with Crippen LogP contribution in [0.5, 0.6) is 11.5 Å². The molecule has 0 saturated carbocycles. The lowest BCUT2D eigenvalue weighted by Gasteiger charge is -2.16. The summed E-state index contributed by atoms with van der Waals surface area (Å²) in [7, 11) is 3.14. The molecule has 0 unspecified atom stereocenters. The van der Waals surface area contributed by atoms with Crippen LogP contribution in [0.2, 0.25) is 0 Å². The second-order valence-corrected chi connectivity index (χ2v) is 5.23. The molecule has 2 rings (SSSR count). The van der Waals surface area contributed by atoms with E-state index in [1.165, 1.54) is 0 Å². The molecule has 2 aromatic rings. The number of carbonyl (C=O) groups excluding carboxylic acids is 1. The third-order valence-electron chi connectivity index (χ3n) is 3.40. The molecule has 1 N–H and O–H groups in total. The molecule has 0 bridgehead atoms. The van der Waals surface area contributed by atoms with E-state index in [-0.39, 0.29) is 5.91 Å². The monoisotopic (exact) mass is 331 g/mol. The summed E-state index contributed by atoms with van der Waals surface area (Å²) in [6, 6.07) is 6.96. The van der Waals surface area contributed by atoms with E-state index in [0.29, 0.717) is 34.9 Å². The lowest BCUT2D eigenvalue weighted by Crippen LogP contribution is -2.15. The van der Waals surface area contributed by atoms with Gasteiger partial charge in [0, 0.05) is 35.0 Å². The summed E-state index contributed by atoms with van der Waals surface area (Å²) in [5, 5.41) is 2.86. The van der Waals surface area contributed by atoms with Crippen LogP contribution in [0.15, 0.2) is 36.7 Å². The number of pyridine rings is 1. The van der Waals surface area contributed by atoms with Crippen molar-refractivity contribution >= 4 is 24.2 Å².